The minimum atomic E-state index is 0.323. The van der Waals surface area contributed by atoms with Gasteiger partial charge in [0.25, 0.3) is 0 Å². The van der Waals surface area contributed by atoms with Gasteiger partial charge in [-0.25, -0.2) is 0 Å². The molecule has 0 N–H and O–H groups in total. The molecule has 0 aliphatic heterocycles. The third kappa shape index (κ3) is 4.61. The van der Waals surface area contributed by atoms with Gasteiger partial charge in [0.15, 0.2) is 0 Å². The van der Waals surface area contributed by atoms with E-state index in [1.807, 2.05) is 6.92 Å². The van der Waals surface area contributed by atoms with Gasteiger partial charge in [-0.05, 0) is 57.3 Å². The molecule has 0 aromatic heterocycles. The standard InChI is InChI=1S/C17H30O2/c1-5-18-7-6-13(2)19-16-9-14-8-15(10-16)12-17(3,4)11-14/h11,13,15-16H,5-10,12H2,1-4H3. The van der Waals surface area contributed by atoms with Crippen molar-refractivity contribution in [2.75, 3.05) is 13.2 Å². The number of hydrogen-bond donors (Lipinski definition) is 0. The molecule has 0 aromatic carbocycles. The van der Waals surface area contributed by atoms with Crippen LogP contribution in [0.15, 0.2) is 11.6 Å². The third-order valence-electron chi connectivity index (χ3n) is 4.34. The Kier molecular flexibility index (Phi) is 5.08. The second kappa shape index (κ2) is 6.41. The fourth-order valence-electron chi connectivity index (χ4n) is 3.81. The Labute approximate surface area is 118 Å². The summed E-state index contributed by atoms with van der Waals surface area (Å²) in [4.78, 5) is 0. The van der Waals surface area contributed by atoms with Crippen molar-refractivity contribution in [3.05, 3.63) is 11.6 Å². The van der Waals surface area contributed by atoms with Gasteiger partial charge in [0.1, 0.15) is 0 Å². The summed E-state index contributed by atoms with van der Waals surface area (Å²) in [6.07, 6.45) is 9.32. The molecule has 2 rings (SSSR count). The van der Waals surface area contributed by atoms with Gasteiger partial charge in [-0.3, -0.25) is 0 Å². The lowest BCUT2D eigenvalue weighted by molar-refractivity contribution is -0.0402. The monoisotopic (exact) mass is 266 g/mol. The highest BCUT2D eigenvalue weighted by Gasteiger charge is 2.34. The molecular formula is C17H30O2. The topological polar surface area (TPSA) is 18.5 Å². The molecule has 1 saturated carbocycles. The van der Waals surface area contributed by atoms with Crippen molar-refractivity contribution >= 4 is 0 Å². The first-order chi connectivity index (χ1) is 8.98. The maximum Gasteiger partial charge on any atom is 0.0618 e. The van der Waals surface area contributed by atoms with Gasteiger partial charge in [-0.15, -0.1) is 0 Å². The van der Waals surface area contributed by atoms with Crippen molar-refractivity contribution in [2.45, 2.75) is 72.0 Å². The predicted octanol–water partition coefficient (Wildman–Crippen LogP) is 4.34. The summed E-state index contributed by atoms with van der Waals surface area (Å²) in [6, 6.07) is 0. The number of ether oxygens (including phenoxy) is 2. The summed E-state index contributed by atoms with van der Waals surface area (Å²) in [7, 11) is 0. The van der Waals surface area contributed by atoms with E-state index in [4.69, 9.17) is 9.47 Å². The van der Waals surface area contributed by atoms with Crippen molar-refractivity contribution in [2.24, 2.45) is 11.3 Å². The zero-order valence-corrected chi connectivity index (χ0v) is 13.1. The maximum atomic E-state index is 6.22. The molecule has 3 atom stereocenters. The van der Waals surface area contributed by atoms with Crippen LogP contribution in [0.5, 0.6) is 0 Å². The second-order valence-electron chi connectivity index (χ2n) is 7.06. The first-order valence-corrected chi connectivity index (χ1v) is 7.92. The van der Waals surface area contributed by atoms with Crippen molar-refractivity contribution in [3.63, 3.8) is 0 Å². The van der Waals surface area contributed by atoms with Crippen molar-refractivity contribution in [1.82, 2.24) is 0 Å². The SMILES string of the molecule is CCOCCC(C)OC1CC2=CC(C)(C)CC(C2)C1. The average molecular weight is 266 g/mol. The normalized spacial score (nSPS) is 30.8. The lowest BCUT2D eigenvalue weighted by Gasteiger charge is -2.41. The largest absolute Gasteiger partial charge is 0.382 e. The number of allylic oxidation sites excluding steroid dienone is 1. The molecule has 2 aliphatic rings. The van der Waals surface area contributed by atoms with Gasteiger partial charge >= 0.3 is 0 Å². The van der Waals surface area contributed by atoms with E-state index in [1.54, 1.807) is 5.57 Å². The lowest BCUT2D eigenvalue weighted by atomic mass is 9.68. The van der Waals surface area contributed by atoms with Crippen molar-refractivity contribution in [3.8, 4) is 0 Å². The van der Waals surface area contributed by atoms with Gasteiger partial charge in [0.2, 0.25) is 0 Å². The number of hydrogen-bond acceptors (Lipinski definition) is 2. The molecule has 19 heavy (non-hydrogen) atoms. The first kappa shape index (κ1) is 15.1. The summed E-state index contributed by atoms with van der Waals surface area (Å²) in [5, 5.41) is 0. The minimum absolute atomic E-state index is 0.323. The molecule has 0 heterocycles. The average Bonchev–Trinajstić information content (AvgIpc) is 2.25. The van der Waals surface area contributed by atoms with Crippen LogP contribution in [-0.2, 0) is 9.47 Å². The molecular weight excluding hydrogens is 236 g/mol. The van der Waals surface area contributed by atoms with Crippen LogP contribution in [0.2, 0.25) is 0 Å². The van der Waals surface area contributed by atoms with Crippen LogP contribution in [0.1, 0.15) is 59.8 Å². The first-order valence-electron chi connectivity index (χ1n) is 7.92. The smallest absolute Gasteiger partial charge is 0.0618 e. The molecule has 110 valence electrons. The fourth-order valence-corrected chi connectivity index (χ4v) is 3.81. The number of rotatable bonds is 6. The van der Waals surface area contributed by atoms with Crippen LogP contribution >= 0.6 is 0 Å². The molecule has 0 spiro atoms. The molecule has 3 unspecified atom stereocenters. The van der Waals surface area contributed by atoms with E-state index in [1.165, 1.54) is 19.3 Å². The lowest BCUT2D eigenvalue weighted by Crippen LogP contribution is -2.33. The van der Waals surface area contributed by atoms with Crippen molar-refractivity contribution < 1.29 is 9.47 Å². The minimum Gasteiger partial charge on any atom is -0.382 e. The van der Waals surface area contributed by atoms with Crippen LogP contribution < -0.4 is 0 Å². The Hall–Kier alpha value is -0.340. The molecule has 2 nitrogen and oxygen atoms in total. The molecule has 0 aromatic rings. The van der Waals surface area contributed by atoms with Gasteiger partial charge in [-0.2, -0.15) is 0 Å². The van der Waals surface area contributed by atoms with E-state index in [0.717, 1.165) is 32.0 Å². The summed E-state index contributed by atoms with van der Waals surface area (Å²) in [5.74, 6) is 0.841. The molecule has 0 saturated heterocycles. The molecule has 1 fully saturated rings. The summed E-state index contributed by atoms with van der Waals surface area (Å²) in [6.45, 7) is 10.6. The van der Waals surface area contributed by atoms with Gasteiger partial charge in [0, 0.05) is 13.2 Å². The quantitative estimate of drug-likeness (QED) is 0.526. The predicted molar refractivity (Wildman–Crippen MR) is 79.3 cm³/mol. The Bertz CT molecular complexity index is 319. The Balaban J connectivity index is 1.81. The highest BCUT2D eigenvalue weighted by atomic mass is 16.5. The third-order valence-corrected chi connectivity index (χ3v) is 4.34. The van der Waals surface area contributed by atoms with Gasteiger partial charge < -0.3 is 9.47 Å². The highest BCUT2D eigenvalue weighted by molar-refractivity contribution is 5.17. The second-order valence-corrected chi connectivity index (χ2v) is 7.06. The summed E-state index contributed by atoms with van der Waals surface area (Å²) >= 11 is 0. The van der Waals surface area contributed by atoms with Crippen LogP contribution in [0, 0.1) is 11.3 Å². The summed E-state index contributed by atoms with van der Waals surface area (Å²) in [5.41, 5.74) is 2.04. The van der Waals surface area contributed by atoms with Crippen LogP contribution in [-0.4, -0.2) is 25.4 Å². The van der Waals surface area contributed by atoms with E-state index >= 15 is 0 Å². The maximum absolute atomic E-state index is 6.22. The Morgan fingerprint density at radius 3 is 2.84 bits per heavy atom. The molecule has 0 radical (unpaired) electrons. The van der Waals surface area contributed by atoms with E-state index in [2.05, 4.69) is 26.8 Å². The van der Waals surface area contributed by atoms with Gasteiger partial charge in [0.05, 0.1) is 12.2 Å². The van der Waals surface area contributed by atoms with Crippen LogP contribution in [0.4, 0.5) is 0 Å². The van der Waals surface area contributed by atoms with E-state index in [0.29, 0.717) is 17.6 Å². The van der Waals surface area contributed by atoms with E-state index in [-0.39, 0.29) is 0 Å². The molecule has 2 heteroatoms. The van der Waals surface area contributed by atoms with Crippen molar-refractivity contribution in [1.29, 1.82) is 0 Å². The Morgan fingerprint density at radius 1 is 1.37 bits per heavy atom. The Morgan fingerprint density at radius 2 is 2.16 bits per heavy atom. The fraction of sp³-hybridized carbons (Fsp3) is 0.882. The van der Waals surface area contributed by atoms with Gasteiger partial charge in [-0.1, -0.05) is 25.5 Å². The number of fused-ring (bicyclic) bond motifs is 2. The zero-order chi connectivity index (χ0) is 13.9. The summed E-state index contributed by atoms with van der Waals surface area (Å²) < 4.78 is 11.6. The van der Waals surface area contributed by atoms with Crippen LogP contribution in [0.25, 0.3) is 0 Å². The van der Waals surface area contributed by atoms with Crippen LogP contribution in [0.3, 0.4) is 0 Å². The van der Waals surface area contributed by atoms with E-state index in [9.17, 15) is 0 Å². The molecule has 2 aliphatic carbocycles. The molecule has 0 amide bonds. The van der Waals surface area contributed by atoms with E-state index < -0.39 is 0 Å². The highest BCUT2D eigenvalue weighted by Crippen LogP contribution is 2.44. The molecule has 2 bridgehead atoms. The zero-order valence-electron chi connectivity index (χ0n) is 13.1.